The molecule has 0 saturated heterocycles. The third-order valence-electron chi connectivity index (χ3n) is 4.84. The number of aliphatic hydroxyl groups excluding tert-OH is 1. The number of alkyl halides is 2. The van der Waals surface area contributed by atoms with Gasteiger partial charge in [-0.3, -0.25) is 14.5 Å². The largest absolute Gasteiger partial charge is 0.377 e. The molecule has 31 heavy (non-hydrogen) atoms. The van der Waals surface area contributed by atoms with Gasteiger partial charge in [0.1, 0.15) is 23.0 Å². The molecule has 2 aromatic rings. The maximum absolute atomic E-state index is 13.9. The van der Waals surface area contributed by atoms with Gasteiger partial charge in [0.15, 0.2) is 6.10 Å². The maximum atomic E-state index is 13.9. The summed E-state index contributed by atoms with van der Waals surface area (Å²) in [5.74, 6) is -1.42. The van der Waals surface area contributed by atoms with Crippen molar-refractivity contribution in [3.05, 3.63) is 41.4 Å². The number of aromatic nitrogens is 4. The van der Waals surface area contributed by atoms with Crippen molar-refractivity contribution in [2.24, 2.45) is 4.99 Å². The molecule has 0 fully saturated rings. The SMILES string of the molecule is O=C(C(O)C1=C(F)CCC=N1)N1Cc2cn(S(=O)(=O)c3cnn(CC(F)F)c3)nc2C1. The van der Waals surface area contributed by atoms with Crippen LogP contribution in [-0.4, -0.2) is 62.0 Å². The van der Waals surface area contributed by atoms with E-state index >= 15 is 0 Å². The summed E-state index contributed by atoms with van der Waals surface area (Å²) >= 11 is 0. The lowest BCUT2D eigenvalue weighted by Crippen LogP contribution is -2.37. The van der Waals surface area contributed by atoms with E-state index in [4.69, 9.17) is 0 Å². The molecule has 10 nitrogen and oxygen atoms in total. The number of carbonyl (C=O) groups excluding carboxylic acids is 1. The first-order valence-electron chi connectivity index (χ1n) is 9.18. The average Bonchev–Trinajstić information content (AvgIpc) is 3.41. The number of hydrogen-bond acceptors (Lipinski definition) is 7. The second-order valence-electron chi connectivity index (χ2n) is 7.01. The first-order chi connectivity index (χ1) is 14.7. The quantitative estimate of drug-likeness (QED) is 0.684. The zero-order valence-corrected chi connectivity index (χ0v) is 16.7. The third kappa shape index (κ3) is 3.99. The fraction of sp³-hybridized carbons (Fsp3) is 0.412. The summed E-state index contributed by atoms with van der Waals surface area (Å²) in [5.41, 5.74) is 0.380. The van der Waals surface area contributed by atoms with Gasteiger partial charge in [0.2, 0.25) is 0 Å². The molecule has 0 bridgehead atoms. The van der Waals surface area contributed by atoms with E-state index in [2.05, 4.69) is 15.2 Å². The summed E-state index contributed by atoms with van der Waals surface area (Å²) in [6, 6.07) is 0. The molecule has 166 valence electrons. The van der Waals surface area contributed by atoms with Crippen molar-refractivity contribution in [1.82, 2.24) is 23.9 Å². The lowest BCUT2D eigenvalue weighted by Gasteiger charge is -2.21. The normalized spacial score (nSPS) is 17.5. The van der Waals surface area contributed by atoms with Crippen LogP contribution in [-0.2, 0) is 34.5 Å². The molecular weight excluding hydrogens is 441 g/mol. The minimum Gasteiger partial charge on any atom is -0.377 e. The zero-order chi connectivity index (χ0) is 22.3. The van der Waals surface area contributed by atoms with E-state index in [1.807, 2.05) is 0 Å². The highest BCUT2D eigenvalue weighted by Crippen LogP contribution is 2.27. The van der Waals surface area contributed by atoms with Crippen LogP contribution in [0.15, 0.2) is 40.0 Å². The highest BCUT2D eigenvalue weighted by Gasteiger charge is 2.35. The summed E-state index contributed by atoms with van der Waals surface area (Å²) in [6.45, 7) is -0.868. The fourth-order valence-electron chi connectivity index (χ4n) is 3.29. The topological polar surface area (TPSA) is 123 Å². The first-order valence-corrected chi connectivity index (χ1v) is 10.6. The van der Waals surface area contributed by atoms with E-state index in [1.54, 1.807) is 0 Å². The van der Waals surface area contributed by atoms with Crippen LogP contribution in [0.2, 0.25) is 0 Å². The molecular formula is C17H17F3N6O4S. The smallest absolute Gasteiger partial charge is 0.286 e. The van der Waals surface area contributed by atoms with Crippen LogP contribution in [0, 0.1) is 0 Å². The minimum absolute atomic E-state index is 0.0377. The first kappa shape index (κ1) is 21.2. The number of amides is 1. The number of aliphatic hydroxyl groups is 1. The Balaban J connectivity index is 1.49. The number of rotatable bonds is 6. The van der Waals surface area contributed by atoms with E-state index in [1.165, 1.54) is 17.3 Å². The van der Waals surface area contributed by atoms with Gasteiger partial charge in [-0.1, -0.05) is 0 Å². The molecule has 0 radical (unpaired) electrons. The lowest BCUT2D eigenvalue weighted by molar-refractivity contribution is -0.139. The Bertz CT molecular complexity index is 1160. The number of hydrogen-bond donors (Lipinski definition) is 1. The minimum atomic E-state index is -4.16. The van der Waals surface area contributed by atoms with Gasteiger partial charge in [-0.2, -0.15) is 22.7 Å². The molecule has 0 saturated carbocycles. The molecule has 4 rings (SSSR count). The molecule has 1 N–H and O–H groups in total. The van der Waals surface area contributed by atoms with Gasteiger partial charge in [-0.25, -0.2) is 13.2 Å². The summed E-state index contributed by atoms with van der Waals surface area (Å²) in [6.07, 6.45) is 0.539. The number of nitrogens with zero attached hydrogens (tertiary/aromatic N) is 6. The second kappa shape index (κ2) is 7.92. The lowest BCUT2D eigenvalue weighted by atomic mass is 10.1. The Labute approximate surface area is 174 Å². The molecule has 2 aromatic heterocycles. The van der Waals surface area contributed by atoms with Gasteiger partial charge in [-0.05, 0) is 6.42 Å². The van der Waals surface area contributed by atoms with Crippen LogP contribution in [0.25, 0.3) is 0 Å². The average molecular weight is 458 g/mol. The van der Waals surface area contributed by atoms with Crippen molar-refractivity contribution in [2.75, 3.05) is 0 Å². The van der Waals surface area contributed by atoms with E-state index < -0.39 is 40.8 Å². The highest BCUT2D eigenvalue weighted by atomic mass is 32.2. The predicted octanol–water partition coefficient (Wildman–Crippen LogP) is 0.830. The summed E-state index contributed by atoms with van der Waals surface area (Å²) in [7, 11) is -4.16. The number of carbonyl (C=O) groups is 1. The monoisotopic (exact) mass is 458 g/mol. The van der Waals surface area contributed by atoms with Crippen LogP contribution in [0.5, 0.6) is 0 Å². The molecule has 0 spiro atoms. The molecule has 0 aromatic carbocycles. The summed E-state index contributed by atoms with van der Waals surface area (Å²) < 4.78 is 65.6. The van der Waals surface area contributed by atoms with Crippen molar-refractivity contribution in [2.45, 2.75) is 49.9 Å². The van der Waals surface area contributed by atoms with Gasteiger partial charge in [-0.15, -0.1) is 0 Å². The van der Waals surface area contributed by atoms with Crippen molar-refractivity contribution < 1.29 is 31.5 Å². The standard InChI is InChI=1S/C17H17F3N6O4S/c18-12-2-1-3-21-15(12)16(27)17(28)24-5-10-6-26(23-13(10)8-24)31(29,30)11-4-22-25(7-11)9-14(19)20/h3-4,6-7,14,16,27H,1-2,5,8-9H2. The number of fused-ring (bicyclic) bond motifs is 1. The van der Waals surface area contributed by atoms with Crippen LogP contribution < -0.4 is 0 Å². The van der Waals surface area contributed by atoms with Crippen LogP contribution >= 0.6 is 0 Å². The fourth-order valence-corrected chi connectivity index (χ4v) is 4.42. The molecule has 2 aliphatic heterocycles. The van der Waals surface area contributed by atoms with Gasteiger partial charge >= 0.3 is 0 Å². The van der Waals surface area contributed by atoms with Gasteiger partial charge in [0, 0.05) is 37.1 Å². The maximum Gasteiger partial charge on any atom is 0.286 e. The van der Waals surface area contributed by atoms with Crippen molar-refractivity contribution in [1.29, 1.82) is 0 Å². The molecule has 14 heteroatoms. The molecule has 1 amide bonds. The Kier molecular flexibility index (Phi) is 5.43. The Morgan fingerprint density at radius 2 is 2.03 bits per heavy atom. The van der Waals surface area contributed by atoms with E-state index in [0.29, 0.717) is 16.1 Å². The number of allylic oxidation sites excluding steroid dienone is 1. The molecule has 1 atom stereocenters. The zero-order valence-electron chi connectivity index (χ0n) is 15.9. The highest BCUT2D eigenvalue weighted by molar-refractivity contribution is 7.89. The third-order valence-corrected chi connectivity index (χ3v) is 6.33. The van der Waals surface area contributed by atoms with E-state index in [-0.39, 0.29) is 35.8 Å². The molecule has 0 aliphatic carbocycles. The molecule has 2 aliphatic rings. The van der Waals surface area contributed by atoms with Crippen molar-refractivity contribution >= 4 is 22.1 Å². The molecule has 1 unspecified atom stereocenters. The summed E-state index contributed by atoms with van der Waals surface area (Å²) in [4.78, 5) is 17.2. The Hall–Kier alpha value is -3.00. The van der Waals surface area contributed by atoms with Crippen molar-refractivity contribution in [3.63, 3.8) is 0 Å². The Morgan fingerprint density at radius 3 is 2.71 bits per heavy atom. The van der Waals surface area contributed by atoms with Crippen LogP contribution in [0.1, 0.15) is 24.1 Å². The van der Waals surface area contributed by atoms with Crippen molar-refractivity contribution in [3.8, 4) is 0 Å². The number of aliphatic imine (C=N–C) groups is 1. The Morgan fingerprint density at radius 1 is 1.26 bits per heavy atom. The molecule has 4 heterocycles. The van der Waals surface area contributed by atoms with Gasteiger partial charge < -0.3 is 10.0 Å². The summed E-state index contributed by atoms with van der Waals surface area (Å²) in [5, 5.41) is 17.8. The van der Waals surface area contributed by atoms with Crippen LogP contribution in [0.3, 0.4) is 0 Å². The van der Waals surface area contributed by atoms with E-state index in [0.717, 1.165) is 17.1 Å². The van der Waals surface area contributed by atoms with Crippen LogP contribution in [0.4, 0.5) is 13.2 Å². The predicted molar refractivity (Wildman–Crippen MR) is 99.2 cm³/mol. The van der Waals surface area contributed by atoms with E-state index in [9.17, 15) is 31.5 Å². The number of halogens is 3. The van der Waals surface area contributed by atoms with Gasteiger partial charge in [0.25, 0.3) is 22.4 Å². The van der Waals surface area contributed by atoms with Gasteiger partial charge in [0.05, 0.1) is 18.4 Å². The second-order valence-corrected chi connectivity index (χ2v) is 8.80.